The molecule has 0 bridgehead atoms. The van der Waals surface area contributed by atoms with Crippen molar-refractivity contribution in [3.8, 4) is 10.4 Å². The van der Waals surface area contributed by atoms with E-state index >= 15 is 0 Å². The van der Waals surface area contributed by atoms with E-state index in [4.69, 9.17) is 24.7 Å². The molecule has 1 aliphatic heterocycles. The van der Waals surface area contributed by atoms with Crippen LogP contribution in [0.25, 0.3) is 10.4 Å². The standard InChI is InChI=1S/C43H70N6O9S/c1-31-37(59-30-46-31)33-16-14-32(15-17-33)28-45-39(52)35-27-34(50)29-49(35)40(53)38(42(2,3)4)47-36(51)13-11-9-8-10-12-19-48(41(54)58-43(5,6)7)20-22-56-24-26-57-25-23-55-21-18-44/h14-17,30,34-35,38,50H,8-13,18-29,44H2,1-7H3,(H,45,52)(H,47,51). The predicted octanol–water partition coefficient (Wildman–Crippen LogP) is 4.81. The zero-order chi connectivity index (χ0) is 43.4. The van der Waals surface area contributed by atoms with Crippen molar-refractivity contribution in [2.24, 2.45) is 11.1 Å². The van der Waals surface area contributed by atoms with Gasteiger partial charge in [0.25, 0.3) is 0 Å². The zero-order valence-electron chi connectivity index (χ0n) is 36.4. The number of nitrogens with one attached hydrogen (secondary N) is 2. The highest BCUT2D eigenvalue weighted by molar-refractivity contribution is 7.13. The van der Waals surface area contributed by atoms with Gasteiger partial charge in [-0.1, -0.05) is 64.3 Å². The highest BCUT2D eigenvalue weighted by Crippen LogP contribution is 2.28. The maximum absolute atomic E-state index is 14.0. The summed E-state index contributed by atoms with van der Waals surface area (Å²) in [6, 6.07) is 6.17. The first-order chi connectivity index (χ1) is 28.0. The predicted molar refractivity (Wildman–Crippen MR) is 229 cm³/mol. The Kier molecular flexibility index (Phi) is 21.2. The smallest absolute Gasteiger partial charge is 0.410 e. The second-order valence-electron chi connectivity index (χ2n) is 17.1. The first kappa shape index (κ1) is 49.7. The Morgan fingerprint density at radius 1 is 0.915 bits per heavy atom. The fourth-order valence-electron chi connectivity index (χ4n) is 6.55. The summed E-state index contributed by atoms with van der Waals surface area (Å²) in [6.07, 6.45) is 3.10. The number of carbonyl (C=O) groups excluding carboxylic acids is 4. The summed E-state index contributed by atoms with van der Waals surface area (Å²) in [5, 5.41) is 16.5. The number of thiazole rings is 1. The van der Waals surface area contributed by atoms with E-state index in [1.54, 1.807) is 16.2 Å². The first-order valence-corrected chi connectivity index (χ1v) is 21.8. The summed E-state index contributed by atoms with van der Waals surface area (Å²) >= 11 is 1.58. The largest absolute Gasteiger partial charge is 0.444 e. The maximum Gasteiger partial charge on any atom is 0.410 e. The lowest BCUT2D eigenvalue weighted by Gasteiger charge is -2.35. The molecule has 16 heteroatoms. The van der Waals surface area contributed by atoms with Gasteiger partial charge < -0.3 is 50.2 Å². The lowest BCUT2D eigenvalue weighted by molar-refractivity contribution is -0.144. The fourth-order valence-corrected chi connectivity index (χ4v) is 7.36. The van der Waals surface area contributed by atoms with Gasteiger partial charge >= 0.3 is 6.09 Å². The molecule has 3 unspecified atom stereocenters. The minimum absolute atomic E-state index is 0.0159. The van der Waals surface area contributed by atoms with Gasteiger partial charge in [0, 0.05) is 45.6 Å². The monoisotopic (exact) mass is 846 g/mol. The summed E-state index contributed by atoms with van der Waals surface area (Å²) in [5.74, 6) is -0.970. The lowest BCUT2D eigenvalue weighted by atomic mass is 9.85. The molecule has 1 aliphatic rings. The number of aromatic nitrogens is 1. The number of nitrogens with two attached hydrogens (primary N) is 1. The number of hydrogen-bond donors (Lipinski definition) is 4. The molecular formula is C43H70N6O9S. The van der Waals surface area contributed by atoms with Crippen LogP contribution in [0.3, 0.4) is 0 Å². The molecule has 4 amide bonds. The van der Waals surface area contributed by atoms with Gasteiger partial charge in [-0.15, -0.1) is 11.3 Å². The first-order valence-electron chi connectivity index (χ1n) is 21.0. The molecule has 1 saturated heterocycles. The van der Waals surface area contributed by atoms with Crippen molar-refractivity contribution < 1.29 is 43.2 Å². The third kappa shape index (κ3) is 18.2. The maximum atomic E-state index is 14.0. The van der Waals surface area contributed by atoms with Gasteiger partial charge in [0.05, 0.1) is 61.8 Å². The molecule has 15 nitrogen and oxygen atoms in total. The van der Waals surface area contributed by atoms with Crippen molar-refractivity contribution >= 4 is 35.2 Å². The molecule has 1 aromatic carbocycles. The molecule has 5 N–H and O–H groups in total. The van der Waals surface area contributed by atoms with Crippen LogP contribution in [0.2, 0.25) is 0 Å². The van der Waals surface area contributed by atoms with E-state index in [-0.39, 0.29) is 49.7 Å². The molecule has 0 aliphatic carbocycles. The number of rotatable bonds is 25. The van der Waals surface area contributed by atoms with E-state index < -0.39 is 29.2 Å². The van der Waals surface area contributed by atoms with Crippen molar-refractivity contribution in [2.45, 2.75) is 124 Å². The Hall–Kier alpha value is -3.67. The molecule has 0 radical (unpaired) electrons. The minimum Gasteiger partial charge on any atom is -0.444 e. The number of amides is 4. The number of hydrogen-bond acceptors (Lipinski definition) is 12. The fraction of sp³-hybridized carbons (Fsp3) is 0.698. The number of β-amino-alcohol motifs (C(OH)–C–C–N with tert-alkyl or cyclic N) is 1. The van der Waals surface area contributed by atoms with Crippen LogP contribution in [0.1, 0.15) is 97.7 Å². The molecular weight excluding hydrogens is 777 g/mol. The summed E-state index contributed by atoms with van der Waals surface area (Å²) in [7, 11) is 0. The Balaban J connectivity index is 1.41. The van der Waals surface area contributed by atoms with E-state index in [0.29, 0.717) is 65.7 Å². The number of aliphatic hydroxyl groups excluding tert-OH is 1. The van der Waals surface area contributed by atoms with Crippen molar-refractivity contribution in [1.29, 1.82) is 0 Å². The summed E-state index contributed by atoms with van der Waals surface area (Å²) in [5.41, 5.74) is 8.89. The topological polar surface area (TPSA) is 195 Å². The Labute approximate surface area is 355 Å². The van der Waals surface area contributed by atoms with Gasteiger partial charge in [-0.05, 0) is 57.1 Å². The van der Waals surface area contributed by atoms with Gasteiger partial charge in [0.15, 0.2) is 0 Å². The molecule has 2 heterocycles. The molecule has 0 saturated carbocycles. The van der Waals surface area contributed by atoms with Crippen LogP contribution >= 0.6 is 11.3 Å². The van der Waals surface area contributed by atoms with Crippen LogP contribution in [-0.4, -0.2) is 133 Å². The molecule has 1 aromatic heterocycles. The molecule has 332 valence electrons. The van der Waals surface area contributed by atoms with Crippen LogP contribution in [0.4, 0.5) is 4.79 Å². The third-order valence-electron chi connectivity index (χ3n) is 9.71. The number of ether oxygens (including phenoxy) is 4. The highest BCUT2D eigenvalue weighted by Gasteiger charge is 2.44. The van der Waals surface area contributed by atoms with Gasteiger partial charge in [0.2, 0.25) is 17.7 Å². The molecule has 2 aromatic rings. The van der Waals surface area contributed by atoms with E-state index in [0.717, 1.165) is 47.4 Å². The SMILES string of the molecule is Cc1ncsc1-c1ccc(CNC(=O)C2CC(O)CN2C(=O)C(NC(=O)CCCCCCCN(CCOCCOCCOCCN)C(=O)OC(C)(C)C)C(C)(C)C)cc1. The number of aliphatic hydroxyl groups is 1. The Morgan fingerprint density at radius 2 is 1.54 bits per heavy atom. The van der Waals surface area contributed by atoms with Crippen LogP contribution in [0.15, 0.2) is 29.8 Å². The van der Waals surface area contributed by atoms with Crippen LogP contribution < -0.4 is 16.4 Å². The number of benzene rings is 1. The van der Waals surface area contributed by atoms with E-state index in [1.807, 2.05) is 78.2 Å². The normalized spacial score (nSPS) is 16.2. The second-order valence-corrected chi connectivity index (χ2v) is 17.9. The van der Waals surface area contributed by atoms with Gasteiger partial charge in [0.1, 0.15) is 17.7 Å². The van der Waals surface area contributed by atoms with Gasteiger partial charge in [-0.25, -0.2) is 9.78 Å². The van der Waals surface area contributed by atoms with Crippen LogP contribution in [0.5, 0.6) is 0 Å². The van der Waals surface area contributed by atoms with Gasteiger partial charge in [-0.3, -0.25) is 14.4 Å². The number of carbonyl (C=O) groups is 4. The van der Waals surface area contributed by atoms with E-state index in [1.165, 1.54) is 4.90 Å². The van der Waals surface area contributed by atoms with E-state index in [9.17, 15) is 24.3 Å². The Morgan fingerprint density at radius 3 is 2.15 bits per heavy atom. The van der Waals surface area contributed by atoms with E-state index in [2.05, 4.69) is 15.6 Å². The quantitative estimate of drug-likeness (QED) is 0.100. The lowest BCUT2D eigenvalue weighted by Crippen LogP contribution is -2.57. The van der Waals surface area contributed by atoms with Crippen LogP contribution in [0, 0.1) is 12.3 Å². The Bertz CT molecular complexity index is 1580. The van der Waals surface area contributed by atoms with Gasteiger partial charge in [-0.2, -0.15) is 0 Å². The van der Waals surface area contributed by atoms with Crippen LogP contribution in [-0.2, 0) is 39.9 Å². The minimum atomic E-state index is -0.880. The number of nitrogens with zero attached hydrogens (tertiary/aromatic N) is 3. The molecule has 59 heavy (non-hydrogen) atoms. The van der Waals surface area contributed by atoms with Crippen molar-refractivity contribution in [3.63, 3.8) is 0 Å². The summed E-state index contributed by atoms with van der Waals surface area (Å²) < 4.78 is 22.0. The molecule has 3 rings (SSSR count). The molecule has 0 spiro atoms. The number of likely N-dealkylation sites (tertiary alicyclic amines) is 1. The zero-order valence-corrected chi connectivity index (χ0v) is 37.2. The highest BCUT2D eigenvalue weighted by atomic mass is 32.1. The summed E-state index contributed by atoms with van der Waals surface area (Å²) in [4.78, 5) is 62.0. The number of aryl methyl sites for hydroxylation is 1. The van der Waals surface area contributed by atoms with Crippen molar-refractivity contribution in [2.75, 3.05) is 65.8 Å². The molecule has 3 atom stereocenters. The average molecular weight is 847 g/mol. The van der Waals surface area contributed by atoms with Crippen molar-refractivity contribution in [3.05, 3.63) is 41.0 Å². The number of unbranched alkanes of at least 4 members (excludes halogenated alkanes) is 4. The summed E-state index contributed by atoms with van der Waals surface area (Å²) in [6.45, 7) is 17.4. The molecule has 1 fully saturated rings. The third-order valence-corrected chi connectivity index (χ3v) is 10.7. The average Bonchev–Trinajstić information content (AvgIpc) is 3.79. The second kappa shape index (κ2) is 25.2. The van der Waals surface area contributed by atoms with Crippen molar-refractivity contribution in [1.82, 2.24) is 25.4 Å².